The van der Waals surface area contributed by atoms with E-state index in [9.17, 15) is 0 Å². The molecule has 2 heterocycles. The van der Waals surface area contributed by atoms with Crippen LogP contribution >= 0.6 is 0 Å². The van der Waals surface area contributed by atoms with Gasteiger partial charge in [-0.25, -0.2) is 0 Å². The van der Waals surface area contributed by atoms with Crippen LogP contribution in [0.4, 0.5) is 0 Å². The Hall–Kier alpha value is -2.13. The van der Waals surface area contributed by atoms with Gasteiger partial charge in [0.15, 0.2) is 0 Å². The van der Waals surface area contributed by atoms with Crippen molar-refractivity contribution in [2.24, 2.45) is 0 Å². The van der Waals surface area contributed by atoms with E-state index < -0.39 is 0 Å². The van der Waals surface area contributed by atoms with Gasteiger partial charge in [-0.1, -0.05) is 19.1 Å². The Morgan fingerprint density at radius 3 is 2.90 bits per heavy atom. The van der Waals surface area contributed by atoms with E-state index in [1.807, 2.05) is 18.5 Å². The minimum absolute atomic E-state index is 0.866. The van der Waals surface area contributed by atoms with Crippen molar-refractivity contribution in [3.05, 3.63) is 66.1 Å². The van der Waals surface area contributed by atoms with Gasteiger partial charge in [-0.05, 0) is 53.7 Å². The zero-order valence-electron chi connectivity index (χ0n) is 12.4. The number of pyridine rings is 1. The van der Waals surface area contributed by atoms with Crippen molar-refractivity contribution in [1.82, 2.24) is 14.9 Å². The van der Waals surface area contributed by atoms with Gasteiger partial charge in [0.05, 0.1) is 0 Å². The molecule has 0 spiro atoms. The van der Waals surface area contributed by atoms with Crippen molar-refractivity contribution in [3.8, 4) is 0 Å². The van der Waals surface area contributed by atoms with Crippen LogP contribution in [0.5, 0.6) is 0 Å². The van der Waals surface area contributed by atoms with Crippen molar-refractivity contribution in [1.29, 1.82) is 0 Å². The summed E-state index contributed by atoms with van der Waals surface area (Å²) in [5.41, 5.74) is 3.84. The van der Waals surface area contributed by atoms with Gasteiger partial charge in [-0.15, -0.1) is 0 Å². The Morgan fingerprint density at radius 2 is 2.10 bits per heavy atom. The number of aromatic nitrogens is 2. The average Bonchev–Trinajstić information content (AvgIpc) is 2.91. The number of hydrogen-bond acceptors (Lipinski definition) is 2. The molecule has 2 aromatic heterocycles. The summed E-state index contributed by atoms with van der Waals surface area (Å²) >= 11 is 0. The molecule has 0 amide bonds. The minimum Gasteiger partial charge on any atom is -0.343 e. The van der Waals surface area contributed by atoms with E-state index in [0.717, 1.165) is 19.6 Å². The van der Waals surface area contributed by atoms with E-state index in [0.29, 0.717) is 0 Å². The summed E-state index contributed by atoms with van der Waals surface area (Å²) in [7, 11) is 0. The van der Waals surface area contributed by atoms with Gasteiger partial charge in [0.1, 0.15) is 0 Å². The molecule has 0 aliphatic rings. The molecular formula is C18H21N3. The van der Waals surface area contributed by atoms with Crippen LogP contribution in [0.3, 0.4) is 0 Å². The molecule has 3 heteroatoms. The van der Waals surface area contributed by atoms with Crippen LogP contribution < -0.4 is 5.32 Å². The second-order valence-electron chi connectivity index (χ2n) is 5.37. The molecule has 0 radical (unpaired) electrons. The van der Waals surface area contributed by atoms with Gasteiger partial charge >= 0.3 is 0 Å². The molecule has 0 saturated heterocycles. The van der Waals surface area contributed by atoms with Crippen LogP contribution in [0, 0.1) is 0 Å². The van der Waals surface area contributed by atoms with Crippen molar-refractivity contribution >= 4 is 10.9 Å². The third-order valence-corrected chi connectivity index (χ3v) is 3.67. The lowest BCUT2D eigenvalue weighted by atomic mass is 10.1. The molecule has 0 saturated carbocycles. The molecule has 21 heavy (non-hydrogen) atoms. The Balaban J connectivity index is 1.79. The first-order valence-corrected chi connectivity index (χ1v) is 7.54. The van der Waals surface area contributed by atoms with Crippen LogP contribution in [0.2, 0.25) is 0 Å². The summed E-state index contributed by atoms with van der Waals surface area (Å²) in [6, 6.07) is 13.0. The quantitative estimate of drug-likeness (QED) is 0.699. The minimum atomic E-state index is 0.866. The van der Waals surface area contributed by atoms with Crippen molar-refractivity contribution in [2.75, 3.05) is 6.54 Å². The highest BCUT2D eigenvalue weighted by atomic mass is 15.0. The maximum atomic E-state index is 4.18. The van der Waals surface area contributed by atoms with E-state index >= 15 is 0 Å². The Kier molecular flexibility index (Phi) is 4.31. The van der Waals surface area contributed by atoms with E-state index in [1.165, 1.54) is 28.5 Å². The molecule has 3 aromatic rings. The maximum absolute atomic E-state index is 4.18. The van der Waals surface area contributed by atoms with Crippen LogP contribution in [0.1, 0.15) is 24.5 Å². The first kappa shape index (κ1) is 13.8. The van der Waals surface area contributed by atoms with Gasteiger partial charge in [0.25, 0.3) is 0 Å². The van der Waals surface area contributed by atoms with Gasteiger partial charge < -0.3 is 9.88 Å². The normalized spacial score (nSPS) is 11.1. The predicted octanol–water partition coefficient (Wildman–Crippen LogP) is 3.58. The first-order valence-electron chi connectivity index (χ1n) is 7.54. The standard InChI is InChI=1S/C18H21N3/c1-2-8-19-12-15-5-6-18-17(11-15)7-10-21(18)14-16-4-3-9-20-13-16/h3-7,9-11,13,19H,2,8,12,14H2,1H3. The Bertz CT molecular complexity index is 701. The van der Waals surface area contributed by atoms with Crippen LogP contribution in [0.25, 0.3) is 10.9 Å². The second-order valence-corrected chi connectivity index (χ2v) is 5.37. The highest BCUT2D eigenvalue weighted by Gasteiger charge is 2.03. The number of benzene rings is 1. The summed E-state index contributed by atoms with van der Waals surface area (Å²) in [6.07, 6.45) is 7.06. The van der Waals surface area contributed by atoms with Gasteiger partial charge in [-0.3, -0.25) is 4.98 Å². The van der Waals surface area contributed by atoms with E-state index in [-0.39, 0.29) is 0 Å². The molecular weight excluding hydrogens is 258 g/mol. The largest absolute Gasteiger partial charge is 0.343 e. The number of nitrogens with one attached hydrogen (secondary N) is 1. The summed E-state index contributed by atoms with van der Waals surface area (Å²) in [6.45, 7) is 5.07. The van der Waals surface area contributed by atoms with Crippen LogP contribution in [-0.4, -0.2) is 16.1 Å². The number of hydrogen-bond donors (Lipinski definition) is 1. The average molecular weight is 279 g/mol. The molecule has 0 fully saturated rings. The summed E-state index contributed by atoms with van der Waals surface area (Å²) < 4.78 is 2.27. The van der Waals surface area contributed by atoms with Crippen LogP contribution in [-0.2, 0) is 13.1 Å². The fourth-order valence-electron chi connectivity index (χ4n) is 2.60. The molecule has 0 bridgehead atoms. The Labute approximate surface area is 125 Å². The summed E-state index contributed by atoms with van der Waals surface area (Å²) in [4.78, 5) is 4.18. The second kappa shape index (κ2) is 6.55. The first-order chi connectivity index (χ1) is 10.4. The lowest BCUT2D eigenvalue weighted by Gasteiger charge is -2.07. The predicted molar refractivity (Wildman–Crippen MR) is 87.3 cm³/mol. The number of nitrogens with zero attached hydrogens (tertiary/aromatic N) is 2. The number of fused-ring (bicyclic) bond motifs is 1. The fraction of sp³-hybridized carbons (Fsp3) is 0.278. The van der Waals surface area contributed by atoms with E-state index in [4.69, 9.17) is 0 Å². The maximum Gasteiger partial charge on any atom is 0.0491 e. The zero-order chi connectivity index (χ0) is 14.5. The zero-order valence-corrected chi connectivity index (χ0v) is 12.4. The smallest absolute Gasteiger partial charge is 0.0491 e. The molecule has 1 aromatic carbocycles. The molecule has 0 aliphatic carbocycles. The third kappa shape index (κ3) is 3.31. The summed E-state index contributed by atoms with van der Waals surface area (Å²) in [5, 5.41) is 4.75. The molecule has 3 nitrogen and oxygen atoms in total. The molecule has 0 aliphatic heterocycles. The summed E-state index contributed by atoms with van der Waals surface area (Å²) in [5.74, 6) is 0. The SMILES string of the molecule is CCCNCc1ccc2c(ccn2Cc2cccnc2)c1. The van der Waals surface area contributed by atoms with Crippen molar-refractivity contribution < 1.29 is 0 Å². The van der Waals surface area contributed by atoms with Gasteiger partial charge in [-0.2, -0.15) is 0 Å². The fourth-order valence-corrected chi connectivity index (χ4v) is 2.60. The molecule has 0 atom stereocenters. The lowest BCUT2D eigenvalue weighted by molar-refractivity contribution is 0.676. The third-order valence-electron chi connectivity index (χ3n) is 3.67. The van der Waals surface area contributed by atoms with Gasteiger partial charge in [0, 0.05) is 37.2 Å². The molecule has 108 valence electrons. The van der Waals surface area contributed by atoms with Crippen LogP contribution in [0.15, 0.2) is 55.0 Å². The van der Waals surface area contributed by atoms with Crippen molar-refractivity contribution in [3.63, 3.8) is 0 Å². The monoisotopic (exact) mass is 279 g/mol. The highest BCUT2D eigenvalue weighted by molar-refractivity contribution is 5.81. The lowest BCUT2D eigenvalue weighted by Crippen LogP contribution is -2.13. The molecule has 0 unspecified atom stereocenters. The highest BCUT2D eigenvalue weighted by Crippen LogP contribution is 2.19. The topological polar surface area (TPSA) is 29.9 Å². The van der Waals surface area contributed by atoms with Gasteiger partial charge in [0.2, 0.25) is 0 Å². The van der Waals surface area contributed by atoms with E-state index in [2.05, 4.69) is 58.3 Å². The Morgan fingerprint density at radius 1 is 1.14 bits per heavy atom. The van der Waals surface area contributed by atoms with E-state index in [1.54, 1.807) is 0 Å². The molecule has 3 rings (SSSR count). The molecule has 1 N–H and O–H groups in total. The van der Waals surface area contributed by atoms with Crippen molar-refractivity contribution in [2.45, 2.75) is 26.4 Å². The number of rotatable bonds is 6.